The Morgan fingerprint density at radius 3 is 3.06 bits per heavy atom. The van der Waals surface area contributed by atoms with Gasteiger partial charge in [-0.3, -0.25) is 4.98 Å². The average molecular weight is 284 g/mol. The Morgan fingerprint density at radius 2 is 2.38 bits per heavy atom. The molecule has 0 aliphatic heterocycles. The predicted octanol–water partition coefficient (Wildman–Crippen LogP) is 2.41. The van der Waals surface area contributed by atoms with Crippen LogP contribution in [0.4, 0.5) is 5.69 Å². The van der Waals surface area contributed by atoms with Gasteiger partial charge in [0.15, 0.2) is 0 Å². The van der Waals surface area contributed by atoms with Gasteiger partial charge in [-0.15, -0.1) is 0 Å². The Hall–Kier alpha value is -0.610. The van der Waals surface area contributed by atoms with Crippen LogP contribution in [-0.4, -0.2) is 24.6 Å². The first kappa shape index (κ1) is 11.9. The molecule has 2 atom stereocenters. The molecule has 0 saturated heterocycles. The van der Waals surface area contributed by atoms with E-state index in [1.54, 1.807) is 0 Å². The van der Waals surface area contributed by atoms with Crippen molar-refractivity contribution in [3.8, 4) is 0 Å². The molecule has 88 valence electrons. The van der Waals surface area contributed by atoms with E-state index in [1.807, 2.05) is 12.4 Å². The number of nitrogens with two attached hydrogens (primary N) is 1. The lowest BCUT2D eigenvalue weighted by molar-refractivity contribution is 0.474. The number of nitrogens with zero attached hydrogens (tertiary/aromatic N) is 2. The van der Waals surface area contributed by atoms with E-state index in [0.717, 1.165) is 11.0 Å². The maximum Gasteiger partial charge on any atom is 0.0592 e. The molecular weight excluding hydrogens is 266 g/mol. The minimum atomic E-state index is 0.573. The molecule has 1 aliphatic carbocycles. The normalized spacial score (nSPS) is 24.7. The van der Waals surface area contributed by atoms with Crippen LogP contribution < -0.4 is 10.6 Å². The zero-order valence-electron chi connectivity index (χ0n) is 9.56. The van der Waals surface area contributed by atoms with Crippen LogP contribution in [0.3, 0.4) is 0 Å². The number of hydrogen-bond donors (Lipinski definition) is 1. The van der Waals surface area contributed by atoms with Crippen LogP contribution in [0.5, 0.6) is 0 Å². The molecular formula is C12H18BrN3. The van der Waals surface area contributed by atoms with Crippen LogP contribution in [0.15, 0.2) is 22.9 Å². The summed E-state index contributed by atoms with van der Waals surface area (Å²) in [6.07, 6.45) is 7.47. The predicted molar refractivity (Wildman–Crippen MR) is 70.5 cm³/mol. The van der Waals surface area contributed by atoms with Crippen molar-refractivity contribution in [3.05, 3.63) is 22.9 Å². The zero-order valence-corrected chi connectivity index (χ0v) is 11.2. The number of pyridine rings is 1. The van der Waals surface area contributed by atoms with E-state index in [9.17, 15) is 0 Å². The molecule has 3 nitrogen and oxygen atoms in total. The van der Waals surface area contributed by atoms with Gasteiger partial charge in [0.25, 0.3) is 0 Å². The molecule has 1 aromatic rings. The molecule has 0 aromatic carbocycles. The molecule has 2 unspecified atom stereocenters. The van der Waals surface area contributed by atoms with Gasteiger partial charge >= 0.3 is 0 Å². The lowest BCUT2D eigenvalue weighted by Crippen LogP contribution is -2.37. The van der Waals surface area contributed by atoms with Gasteiger partial charge in [-0.25, -0.2) is 0 Å². The van der Waals surface area contributed by atoms with E-state index in [0.29, 0.717) is 12.0 Å². The molecule has 2 N–H and O–H groups in total. The molecule has 1 heterocycles. The van der Waals surface area contributed by atoms with Gasteiger partial charge in [0.1, 0.15) is 0 Å². The smallest absolute Gasteiger partial charge is 0.0592 e. The highest BCUT2D eigenvalue weighted by Gasteiger charge is 2.30. The topological polar surface area (TPSA) is 42.2 Å². The van der Waals surface area contributed by atoms with E-state index in [2.05, 4.69) is 38.9 Å². The quantitative estimate of drug-likeness (QED) is 0.926. The molecule has 0 bridgehead atoms. The van der Waals surface area contributed by atoms with E-state index in [1.165, 1.54) is 24.9 Å². The largest absolute Gasteiger partial charge is 0.370 e. The van der Waals surface area contributed by atoms with Crippen molar-refractivity contribution in [2.75, 3.05) is 18.5 Å². The molecule has 1 aliphatic rings. The molecule has 1 fully saturated rings. The second-order valence-corrected chi connectivity index (χ2v) is 5.29. The van der Waals surface area contributed by atoms with E-state index >= 15 is 0 Å². The summed E-state index contributed by atoms with van der Waals surface area (Å²) in [5, 5.41) is 0. The van der Waals surface area contributed by atoms with Gasteiger partial charge in [0.05, 0.1) is 10.2 Å². The van der Waals surface area contributed by atoms with Crippen LogP contribution in [0, 0.1) is 5.92 Å². The Bertz CT molecular complexity index is 356. The van der Waals surface area contributed by atoms with Gasteiger partial charge < -0.3 is 10.6 Å². The monoisotopic (exact) mass is 283 g/mol. The first-order valence-corrected chi connectivity index (χ1v) is 6.55. The summed E-state index contributed by atoms with van der Waals surface area (Å²) in [4.78, 5) is 6.44. The SMILES string of the molecule is CN(c1ccncc1Br)C1CCCC1CN. The third-order valence-electron chi connectivity index (χ3n) is 3.55. The fraction of sp³-hybridized carbons (Fsp3) is 0.583. The standard InChI is InChI=1S/C12H18BrN3/c1-16(11-4-2-3-9(11)7-14)12-5-6-15-8-10(12)13/h5-6,8-9,11H,2-4,7,14H2,1H3. The van der Waals surface area contributed by atoms with Crippen molar-refractivity contribution in [3.63, 3.8) is 0 Å². The van der Waals surface area contributed by atoms with Gasteiger partial charge in [0, 0.05) is 25.5 Å². The highest BCUT2D eigenvalue weighted by Crippen LogP contribution is 2.34. The Morgan fingerprint density at radius 1 is 1.56 bits per heavy atom. The lowest BCUT2D eigenvalue weighted by atomic mass is 10.0. The van der Waals surface area contributed by atoms with Crippen LogP contribution in [0.1, 0.15) is 19.3 Å². The Kier molecular flexibility index (Phi) is 3.82. The summed E-state index contributed by atoms with van der Waals surface area (Å²) in [6.45, 7) is 0.789. The van der Waals surface area contributed by atoms with Crippen molar-refractivity contribution < 1.29 is 0 Å². The van der Waals surface area contributed by atoms with Gasteiger partial charge in [-0.2, -0.15) is 0 Å². The second-order valence-electron chi connectivity index (χ2n) is 4.43. The third kappa shape index (κ3) is 2.23. The highest BCUT2D eigenvalue weighted by atomic mass is 79.9. The summed E-state index contributed by atoms with van der Waals surface area (Å²) in [5.74, 6) is 0.630. The number of hydrogen-bond acceptors (Lipinski definition) is 3. The highest BCUT2D eigenvalue weighted by molar-refractivity contribution is 9.10. The Balaban J connectivity index is 2.18. The average Bonchev–Trinajstić information content (AvgIpc) is 2.77. The van der Waals surface area contributed by atoms with Crippen molar-refractivity contribution in [2.24, 2.45) is 11.7 Å². The van der Waals surface area contributed by atoms with Crippen LogP contribution in [-0.2, 0) is 0 Å². The van der Waals surface area contributed by atoms with Crippen LogP contribution >= 0.6 is 15.9 Å². The first-order valence-electron chi connectivity index (χ1n) is 5.76. The van der Waals surface area contributed by atoms with Crippen LogP contribution in [0.25, 0.3) is 0 Å². The Labute approximate surface area is 105 Å². The summed E-state index contributed by atoms with van der Waals surface area (Å²) >= 11 is 3.55. The van der Waals surface area contributed by atoms with Crippen molar-refractivity contribution in [1.29, 1.82) is 0 Å². The molecule has 4 heteroatoms. The number of rotatable bonds is 3. The number of aromatic nitrogens is 1. The summed E-state index contributed by atoms with van der Waals surface area (Å²) < 4.78 is 1.06. The van der Waals surface area contributed by atoms with Crippen molar-refractivity contribution >= 4 is 21.6 Å². The van der Waals surface area contributed by atoms with Gasteiger partial charge in [-0.05, 0) is 47.3 Å². The van der Waals surface area contributed by atoms with E-state index < -0.39 is 0 Å². The fourth-order valence-electron chi connectivity index (χ4n) is 2.63. The fourth-order valence-corrected chi connectivity index (χ4v) is 3.16. The molecule has 16 heavy (non-hydrogen) atoms. The maximum absolute atomic E-state index is 5.83. The molecule has 0 spiro atoms. The van der Waals surface area contributed by atoms with Crippen molar-refractivity contribution in [1.82, 2.24) is 4.98 Å². The van der Waals surface area contributed by atoms with E-state index in [4.69, 9.17) is 5.73 Å². The molecule has 2 rings (SSSR count). The summed E-state index contributed by atoms with van der Waals surface area (Å²) in [5.41, 5.74) is 7.04. The first-order chi connectivity index (χ1) is 7.74. The number of halogens is 1. The summed E-state index contributed by atoms with van der Waals surface area (Å²) in [7, 11) is 2.15. The third-order valence-corrected chi connectivity index (χ3v) is 4.16. The summed E-state index contributed by atoms with van der Waals surface area (Å²) in [6, 6.07) is 2.62. The number of anilines is 1. The zero-order chi connectivity index (χ0) is 11.5. The van der Waals surface area contributed by atoms with Gasteiger partial charge in [0.2, 0.25) is 0 Å². The molecule has 1 saturated carbocycles. The van der Waals surface area contributed by atoms with Crippen molar-refractivity contribution in [2.45, 2.75) is 25.3 Å². The molecule has 0 radical (unpaired) electrons. The maximum atomic E-state index is 5.83. The lowest BCUT2D eigenvalue weighted by Gasteiger charge is -2.31. The minimum Gasteiger partial charge on any atom is -0.370 e. The van der Waals surface area contributed by atoms with Gasteiger partial charge in [-0.1, -0.05) is 6.42 Å². The van der Waals surface area contributed by atoms with E-state index in [-0.39, 0.29) is 0 Å². The van der Waals surface area contributed by atoms with Crippen LogP contribution in [0.2, 0.25) is 0 Å². The molecule has 1 aromatic heterocycles. The minimum absolute atomic E-state index is 0.573. The second kappa shape index (κ2) is 5.15. The molecule has 0 amide bonds.